The van der Waals surface area contributed by atoms with Crippen LogP contribution in [0.15, 0.2) is 36.4 Å². The third kappa shape index (κ3) is 5.35. The second-order valence-electron chi connectivity index (χ2n) is 7.35. The number of rotatable bonds is 6. The van der Waals surface area contributed by atoms with Crippen molar-refractivity contribution < 1.29 is 18.1 Å². The number of benzene rings is 2. The first-order valence-electron chi connectivity index (χ1n) is 9.55. The van der Waals surface area contributed by atoms with E-state index in [9.17, 15) is 23.3 Å². The molecule has 2 aromatic carbocycles. The van der Waals surface area contributed by atoms with E-state index in [1.807, 2.05) is 0 Å². The fraction of sp³-hybridized carbons (Fsp3) is 0.350. The third-order valence-corrected chi connectivity index (χ3v) is 7.78. The molecule has 3 rings (SSSR count). The van der Waals surface area contributed by atoms with E-state index in [1.54, 1.807) is 31.2 Å². The molecule has 1 heterocycles. The number of sulfonamides is 1. The van der Waals surface area contributed by atoms with Crippen molar-refractivity contribution in [2.24, 2.45) is 5.92 Å². The normalized spacial score (nSPS) is 17.3. The van der Waals surface area contributed by atoms with Crippen LogP contribution in [0.2, 0.25) is 10.0 Å². The van der Waals surface area contributed by atoms with Crippen LogP contribution < -0.4 is 5.32 Å². The maximum absolute atomic E-state index is 13.0. The molecule has 1 saturated heterocycles. The maximum atomic E-state index is 13.0. The average molecular weight is 486 g/mol. The van der Waals surface area contributed by atoms with Crippen LogP contribution in [0, 0.1) is 23.0 Å². The molecule has 1 aliphatic rings. The van der Waals surface area contributed by atoms with E-state index < -0.39 is 20.9 Å². The lowest BCUT2D eigenvalue weighted by Crippen LogP contribution is -2.44. The number of hydrogen-bond donors (Lipinski definition) is 1. The zero-order valence-corrected chi connectivity index (χ0v) is 19.0. The Kier molecular flexibility index (Phi) is 7.20. The number of hydrogen-bond acceptors (Lipinski definition) is 5. The molecule has 1 aliphatic heterocycles. The van der Waals surface area contributed by atoms with Crippen LogP contribution in [0.5, 0.6) is 0 Å². The van der Waals surface area contributed by atoms with Gasteiger partial charge in [-0.3, -0.25) is 14.9 Å². The molecular formula is C20H21Cl2N3O5S. The summed E-state index contributed by atoms with van der Waals surface area (Å²) in [4.78, 5) is 23.4. The van der Waals surface area contributed by atoms with Crippen molar-refractivity contribution in [2.75, 3.05) is 18.4 Å². The summed E-state index contributed by atoms with van der Waals surface area (Å²) in [5.74, 6) is -1.31. The highest BCUT2D eigenvalue weighted by Crippen LogP contribution is 2.30. The first-order chi connectivity index (χ1) is 14.6. The number of nitrogens with one attached hydrogen (secondary N) is 1. The van der Waals surface area contributed by atoms with Crippen molar-refractivity contribution >= 4 is 50.5 Å². The number of piperidine rings is 1. The molecule has 0 spiro atoms. The lowest BCUT2D eigenvalue weighted by molar-refractivity contribution is -0.385. The topological polar surface area (TPSA) is 110 Å². The van der Waals surface area contributed by atoms with E-state index in [1.165, 1.54) is 16.4 Å². The van der Waals surface area contributed by atoms with Gasteiger partial charge in [0.15, 0.2) is 0 Å². The number of nitro benzene ring substituents is 1. The zero-order chi connectivity index (χ0) is 22.8. The molecule has 8 nitrogen and oxygen atoms in total. The molecule has 166 valence electrons. The summed E-state index contributed by atoms with van der Waals surface area (Å²) < 4.78 is 27.2. The van der Waals surface area contributed by atoms with Gasteiger partial charge in [-0.1, -0.05) is 35.3 Å². The second-order valence-corrected chi connectivity index (χ2v) is 10.1. The highest BCUT2D eigenvalue weighted by Gasteiger charge is 2.33. The van der Waals surface area contributed by atoms with Gasteiger partial charge >= 0.3 is 0 Å². The van der Waals surface area contributed by atoms with Gasteiger partial charge in [-0.05, 0) is 38.0 Å². The van der Waals surface area contributed by atoms with Gasteiger partial charge in [0.05, 0.1) is 27.8 Å². The second kappa shape index (κ2) is 9.52. The van der Waals surface area contributed by atoms with Crippen molar-refractivity contribution in [3.8, 4) is 0 Å². The molecule has 0 aromatic heterocycles. The van der Waals surface area contributed by atoms with E-state index in [-0.39, 0.29) is 33.9 Å². The summed E-state index contributed by atoms with van der Waals surface area (Å²) in [6.07, 6.45) is 1.03. The number of nitrogens with zero attached hydrogens (tertiary/aromatic N) is 2. The first kappa shape index (κ1) is 23.5. The lowest BCUT2D eigenvalue weighted by Gasteiger charge is -2.31. The van der Waals surface area contributed by atoms with Gasteiger partial charge < -0.3 is 5.32 Å². The van der Waals surface area contributed by atoms with Gasteiger partial charge in [-0.15, -0.1) is 0 Å². The fourth-order valence-corrected chi connectivity index (χ4v) is 5.91. The Morgan fingerprint density at radius 2 is 1.87 bits per heavy atom. The van der Waals surface area contributed by atoms with Gasteiger partial charge in [-0.25, -0.2) is 12.7 Å². The highest BCUT2D eigenvalue weighted by atomic mass is 35.5. The van der Waals surface area contributed by atoms with E-state index in [0.717, 1.165) is 0 Å². The molecule has 2 aromatic rings. The number of carbonyl (C=O) groups is 1. The minimum Gasteiger partial charge on any atom is -0.325 e. The summed E-state index contributed by atoms with van der Waals surface area (Å²) in [5.41, 5.74) is 0.906. The summed E-state index contributed by atoms with van der Waals surface area (Å²) in [6, 6.07) is 9.22. The lowest BCUT2D eigenvalue weighted by atomic mass is 9.98. The number of amides is 1. The molecule has 0 aliphatic carbocycles. The predicted octanol–water partition coefficient (Wildman–Crippen LogP) is 4.39. The van der Waals surface area contributed by atoms with Crippen LogP contribution in [0.3, 0.4) is 0 Å². The number of anilines is 1. The summed E-state index contributed by atoms with van der Waals surface area (Å²) in [6.45, 7) is 1.87. The van der Waals surface area contributed by atoms with Crippen molar-refractivity contribution in [2.45, 2.75) is 25.5 Å². The van der Waals surface area contributed by atoms with Crippen LogP contribution in [-0.2, 0) is 20.6 Å². The van der Waals surface area contributed by atoms with Gasteiger partial charge in [0.25, 0.3) is 5.69 Å². The molecule has 0 radical (unpaired) electrons. The van der Waals surface area contributed by atoms with Crippen molar-refractivity contribution in [3.63, 3.8) is 0 Å². The molecule has 1 fully saturated rings. The molecule has 1 amide bonds. The molecular weight excluding hydrogens is 465 g/mol. The van der Waals surface area contributed by atoms with Gasteiger partial charge in [0.1, 0.15) is 0 Å². The number of nitro groups is 1. The van der Waals surface area contributed by atoms with Gasteiger partial charge in [0.2, 0.25) is 15.9 Å². The Hall–Kier alpha value is -2.20. The van der Waals surface area contributed by atoms with Crippen molar-refractivity contribution in [1.82, 2.24) is 4.31 Å². The van der Waals surface area contributed by atoms with Crippen LogP contribution in [-0.4, -0.2) is 36.6 Å². The van der Waals surface area contributed by atoms with Crippen molar-refractivity contribution in [1.29, 1.82) is 0 Å². The van der Waals surface area contributed by atoms with Gasteiger partial charge in [0, 0.05) is 34.8 Å². The van der Waals surface area contributed by atoms with Crippen molar-refractivity contribution in [3.05, 3.63) is 67.7 Å². The summed E-state index contributed by atoms with van der Waals surface area (Å²) in [5, 5.41) is 14.4. The van der Waals surface area contributed by atoms with E-state index in [2.05, 4.69) is 5.32 Å². The van der Waals surface area contributed by atoms with Crippen LogP contribution in [0.4, 0.5) is 11.4 Å². The Labute approximate surface area is 190 Å². The average Bonchev–Trinajstić information content (AvgIpc) is 2.72. The molecule has 1 atom stereocenters. The maximum Gasteiger partial charge on any atom is 0.274 e. The Bertz CT molecular complexity index is 1100. The first-order valence-corrected chi connectivity index (χ1v) is 11.9. The smallest absolute Gasteiger partial charge is 0.274 e. The van der Waals surface area contributed by atoms with E-state index >= 15 is 0 Å². The van der Waals surface area contributed by atoms with Crippen LogP contribution in [0.1, 0.15) is 24.0 Å². The number of carbonyl (C=O) groups excluding carboxylic acids is 1. The summed E-state index contributed by atoms with van der Waals surface area (Å²) in [7, 11) is -3.75. The van der Waals surface area contributed by atoms with Crippen LogP contribution in [0.25, 0.3) is 0 Å². The fourth-order valence-electron chi connectivity index (χ4n) is 3.54. The molecule has 1 unspecified atom stereocenters. The summed E-state index contributed by atoms with van der Waals surface area (Å²) >= 11 is 12.2. The molecule has 1 N–H and O–H groups in total. The molecule has 11 heteroatoms. The van der Waals surface area contributed by atoms with Gasteiger partial charge in [-0.2, -0.15) is 0 Å². The quantitative estimate of drug-likeness (QED) is 0.481. The predicted molar refractivity (Wildman–Crippen MR) is 120 cm³/mol. The minimum absolute atomic E-state index is 0.0181. The Balaban J connectivity index is 1.73. The Morgan fingerprint density at radius 1 is 1.23 bits per heavy atom. The van der Waals surface area contributed by atoms with Crippen LogP contribution >= 0.6 is 23.2 Å². The monoisotopic (exact) mass is 485 g/mol. The van der Waals surface area contributed by atoms with E-state index in [0.29, 0.717) is 36.2 Å². The standard InChI is InChI=1S/C20H21Cl2N3O5S/c1-13-18(8-3-9-19(13)25(27)28)23-20(26)14-5-4-10-24(11-14)31(29,30)12-15-16(21)6-2-7-17(15)22/h2-3,6-9,14H,4-5,10-12H2,1H3,(H,23,26). The highest BCUT2D eigenvalue weighted by molar-refractivity contribution is 7.88. The largest absolute Gasteiger partial charge is 0.325 e. The third-order valence-electron chi connectivity index (χ3n) is 5.30. The zero-order valence-electron chi connectivity index (χ0n) is 16.7. The minimum atomic E-state index is -3.75. The van der Waals surface area contributed by atoms with E-state index in [4.69, 9.17) is 23.2 Å². The number of halogens is 2. The SMILES string of the molecule is Cc1c(NC(=O)C2CCCN(S(=O)(=O)Cc3c(Cl)cccc3Cl)C2)cccc1[N+](=O)[O-]. The molecule has 0 bridgehead atoms. The molecule has 0 saturated carbocycles. The Morgan fingerprint density at radius 3 is 2.52 bits per heavy atom. The molecule has 31 heavy (non-hydrogen) atoms.